The number of halogens is 4. The highest BCUT2D eigenvalue weighted by Crippen LogP contribution is 2.27. The molecule has 0 amide bonds. The molecule has 1 rings (SSSR count). The van der Waals surface area contributed by atoms with Crippen LogP contribution in [0.4, 0.5) is 17.6 Å². The molecule has 0 aliphatic rings. The second kappa shape index (κ2) is 6.15. The van der Waals surface area contributed by atoms with Gasteiger partial charge in [0.2, 0.25) is 0 Å². The molecule has 1 unspecified atom stereocenters. The number of hydrogen-bond donors (Lipinski definition) is 2. The van der Waals surface area contributed by atoms with Crippen molar-refractivity contribution in [3.05, 3.63) is 35.1 Å². The summed E-state index contributed by atoms with van der Waals surface area (Å²) in [4.78, 5) is 0. The summed E-state index contributed by atoms with van der Waals surface area (Å²) in [5.41, 5.74) is 3.12. The molecule has 0 aliphatic carbocycles. The molecule has 6 heteroatoms. The highest BCUT2D eigenvalue weighted by molar-refractivity contribution is 5.27. The number of nitrogens with one attached hydrogen (secondary N) is 1. The molecule has 0 saturated heterocycles. The van der Waals surface area contributed by atoms with Gasteiger partial charge in [-0.15, -0.1) is 0 Å². The molecular formula is C12H16F4N2. The van der Waals surface area contributed by atoms with Gasteiger partial charge >= 0.3 is 6.18 Å². The van der Waals surface area contributed by atoms with Crippen LogP contribution in [0.25, 0.3) is 0 Å². The normalized spacial score (nSPS) is 13.7. The summed E-state index contributed by atoms with van der Waals surface area (Å²) in [7, 11) is 0. The standard InChI is InChI=1S/C12H16F4N2/c1-8-4-2-5-9(11(8)13)10(18-17)6-3-7-12(14,15)16/h2,4-5,10,18H,3,6-7,17H2,1H3. The molecule has 0 fully saturated rings. The lowest BCUT2D eigenvalue weighted by Gasteiger charge is -2.18. The van der Waals surface area contributed by atoms with Crippen molar-refractivity contribution in [2.45, 2.75) is 38.4 Å². The number of hydrazine groups is 1. The van der Waals surface area contributed by atoms with Gasteiger partial charge in [-0.1, -0.05) is 18.2 Å². The first-order valence-corrected chi connectivity index (χ1v) is 5.63. The van der Waals surface area contributed by atoms with Gasteiger partial charge in [0.05, 0.1) is 0 Å². The first-order chi connectivity index (χ1) is 8.35. The molecule has 3 N–H and O–H groups in total. The fourth-order valence-electron chi connectivity index (χ4n) is 1.77. The number of alkyl halides is 3. The second-order valence-corrected chi connectivity index (χ2v) is 4.20. The van der Waals surface area contributed by atoms with E-state index >= 15 is 0 Å². The van der Waals surface area contributed by atoms with Gasteiger partial charge in [0, 0.05) is 18.0 Å². The van der Waals surface area contributed by atoms with Crippen molar-refractivity contribution >= 4 is 0 Å². The Morgan fingerprint density at radius 3 is 2.56 bits per heavy atom. The van der Waals surface area contributed by atoms with Crippen LogP contribution in [0.5, 0.6) is 0 Å². The van der Waals surface area contributed by atoms with Gasteiger partial charge in [0.1, 0.15) is 5.82 Å². The number of aryl methyl sites for hydroxylation is 1. The first kappa shape index (κ1) is 14.9. The maximum absolute atomic E-state index is 13.8. The average molecular weight is 264 g/mol. The molecule has 0 saturated carbocycles. The molecule has 2 nitrogen and oxygen atoms in total. The van der Waals surface area contributed by atoms with Crippen LogP contribution in [0.1, 0.15) is 36.4 Å². The molecule has 0 aromatic heterocycles. The number of nitrogens with two attached hydrogens (primary N) is 1. The van der Waals surface area contributed by atoms with Gasteiger partial charge in [-0.25, -0.2) is 4.39 Å². The van der Waals surface area contributed by atoms with Gasteiger partial charge in [-0.05, 0) is 25.3 Å². The molecule has 18 heavy (non-hydrogen) atoms. The zero-order valence-electron chi connectivity index (χ0n) is 10.0. The van der Waals surface area contributed by atoms with Crippen LogP contribution in [0, 0.1) is 12.7 Å². The molecule has 0 aliphatic heterocycles. The van der Waals surface area contributed by atoms with Crippen LogP contribution >= 0.6 is 0 Å². The average Bonchev–Trinajstić information content (AvgIpc) is 2.27. The SMILES string of the molecule is Cc1cccc(C(CCCC(F)(F)F)NN)c1F. The lowest BCUT2D eigenvalue weighted by Crippen LogP contribution is -2.29. The lowest BCUT2D eigenvalue weighted by molar-refractivity contribution is -0.135. The van der Waals surface area contributed by atoms with Crippen LogP contribution in [-0.4, -0.2) is 6.18 Å². The van der Waals surface area contributed by atoms with E-state index < -0.39 is 24.5 Å². The Hall–Kier alpha value is -1.14. The third kappa shape index (κ3) is 4.27. The van der Waals surface area contributed by atoms with E-state index in [2.05, 4.69) is 5.43 Å². The molecular weight excluding hydrogens is 248 g/mol. The minimum Gasteiger partial charge on any atom is -0.271 e. The third-order valence-corrected chi connectivity index (χ3v) is 2.75. The van der Waals surface area contributed by atoms with Crippen LogP contribution < -0.4 is 11.3 Å². The van der Waals surface area contributed by atoms with E-state index in [0.717, 1.165) is 0 Å². The minimum atomic E-state index is -4.19. The highest BCUT2D eigenvalue weighted by atomic mass is 19.4. The van der Waals surface area contributed by atoms with Gasteiger partial charge in [0.25, 0.3) is 0 Å². The Morgan fingerprint density at radius 1 is 1.33 bits per heavy atom. The highest BCUT2D eigenvalue weighted by Gasteiger charge is 2.27. The van der Waals surface area contributed by atoms with Crippen molar-refractivity contribution in [1.82, 2.24) is 5.43 Å². The number of benzene rings is 1. The Balaban J connectivity index is 2.69. The zero-order chi connectivity index (χ0) is 13.8. The van der Waals surface area contributed by atoms with Crippen molar-refractivity contribution in [3.8, 4) is 0 Å². The van der Waals surface area contributed by atoms with Crippen LogP contribution in [-0.2, 0) is 0 Å². The van der Waals surface area contributed by atoms with Gasteiger partial charge in [-0.2, -0.15) is 13.2 Å². The fraction of sp³-hybridized carbons (Fsp3) is 0.500. The monoisotopic (exact) mass is 264 g/mol. The van der Waals surface area contributed by atoms with E-state index in [1.807, 2.05) is 0 Å². The van der Waals surface area contributed by atoms with Crippen molar-refractivity contribution < 1.29 is 17.6 Å². The van der Waals surface area contributed by atoms with E-state index in [9.17, 15) is 17.6 Å². The summed E-state index contributed by atoms with van der Waals surface area (Å²) >= 11 is 0. The van der Waals surface area contributed by atoms with Crippen molar-refractivity contribution in [2.24, 2.45) is 5.84 Å². The van der Waals surface area contributed by atoms with E-state index in [-0.39, 0.29) is 12.8 Å². The van der Waals surface area contributed by atoms with E-state index in [4.69, 9.17) is 5.84 Å². The summed E-state index contributed by atoms with van der Waals surface area (Å²) in [6.45, 7) is 1.60. The van der Waals surface area contributed by atoms with Crippen LogP contribution in [0.3, 0.4) is 0 Å². The molecule has 1 aromatic carbocycles. The summed E-state index contributed by atoms with van der Waals surface area (Å²) in [6, 6.07) is 4.18. The third-order valence-electron chi connectivity index (χ3n) is 2.75. The number of hydrogen-bond acceptors (Lipinski definition) is 2. The predicted octanol–water partition coefficient (Wildman–Crippen LogP) is 3.37. The maximum atomic E-state index is 13.8. The Bertz CT molecular complexity index is 390. The van der Waals surface area contributed by atoms with Gasteiger partial charge in [0.15, 0.2) is 0 Å². The fourth-order valence-corrected chi connectivity index (χ4v) is 1.77. The second-order valence-electron chi connectivity index (χ2n) is 4.20. The Morgan fingerprint density at radius 2 is 2.00 bits per heavy atom. The van der Waals surface area contributed by atoms with Crippen LogP contribution in [0.2, 0.25) is 0 Å². The molecule has 0 bridgehead atoms. The first-order valence-electron chi connectivity index (χ1n) is 5.63. The largest absolute Gasteiger partial charge is 0.389 e. The van der Waals surface area contributed by atoms with Crippen LogP contribution in [0.15, 0.2) is 18.2 Å². The predicted molar refractivity (Wildman–Crippen MR) is 61.1 cm³/mol. The van der Waals surface area contributed by atoms with Crippen molar-refractivity contribution in [3.63, 3.8) is 0 Å². The molecule has 0 heterocycles. The lowest BCUT2D eigenvalue weighted by atomic mass is 9.99. The summed E-state index contributed by atoms with van der Waals surface area (Å²) in [5.74, 6) is 4.85. The molecule has 1 atom stereocenters. The van der Waals surface area contributed by atoms with E-state index in [1.54, 1.807) is 19.1 Å². The zero-order valence-corrected chi connectivity index (χ0v) is 10.0. The quantitative estimate of drug-likeness (QED) is 0.486. The molecule has 0 radical (unpaired) electrons. The summed E-state index contributed by atoms with van der Waals surface area (Å²) in [6.07, 6.45) is -5.04. The maximum Gasteiger partial charge on any atom is 0.389 e. The molecule has 1 aromatic rings. The minimum absolute atomic E-state index is 0.0915. The molecule has 102 valence electrons. The molecule has 0 spiro atoms. The van der Waals surface area contributed by atoms with E-state index in [1.165, 1.54) is 6.07 Å². The summed E-state index contributed by atoms with van der Waals surface area (Å²) < 4.78 is 49.9. The summed E-state index contributed by atoms with van der Waals surface area (Å²) in [5, 5.41) is 0. The van der Waals surface area contributed by atoms with Gasteiger partial charge < -0.3 is 0 Å². The Kier molecular flexibility index (Phi) is 5.10. The van der Waals surface area contributed by atoms with Crippen molar-refractivity contribution in [2.75, 3.05) is 0 Å². The number of rotatable bonds is 5. The topological polar surface area (TPSA) is 38.0 Å². The Labute approximate surface area is 103 Å². The van der Waals surface area contributed by atoms with Gasteiger partial charge in [-0.3, -0.25) is 11.3 Å². The van der Waals surface area contributed by atoms with Crippen molar-refractivity contribution in [1.29, 1.82) is 0 Å². The smallest absolute Gasteiger partial charge is 0.271 e. The van der Waals surface area contributed by atoms with E-state index in [0.29, 0.717) is 11.1 Å².